The van der Waals surface area contributed by atoms with Crippen LogP contribution < -0.4 is 24.6 Å². The summed E-state index contributed by atoms with van der Waals surface area (Å²) in [6, 6.07) is 13.1. The van der Waals surface area contributed by atoms with Crippen LogP contribution >= 0.6 is 12.2 Å². The van der Waals surface area contributed by atoms with Crippen LogP contribution in [0.25, 0.3) is 6.08 Å². The van der Waals surface area contributed by atoms with Crippen molar-refractivity contribution in [2.24, 2.45) is 0 Å². The van der Waals surface area contributed by atoms with Gasteiger partial charge in [0, 0.05) is 30.4 Å². The molecule has 1 N–H and O–H groups in total. The van der Waals surface area contributed by atoms with Gasteiger partial charge in [-0.25, -0.2) is 0 Å². The van der Waals surface area contributed by atoms with Gasteiger partial charge in [-0.3, -0.25) is 9.69 Å². The molecule has 29 heavy (non-hydrogen) atoms. The summed E-state index contributed by atoms with van der Waals surface area (Å²) in [5, 5.41) is 3.35. The lowest BCUT2D eigenvalue weighted by atomic mass is 10.1. The number of nitrogens with one attached hydrogen (secondary N) is 1. The van der Waals surface area contributed by atoms with E-state index in [4.69, 9.17) is 21.7 Å². The molecule has 1 saturated heterocycles. The monoisotopic (exact) mass is 411 g/mol. The Kier molecular flexibility index (Phi) is 6.39. The Morgan fingerprint density at radius 3 is 2.34 bits per heavy atom. The first-order chi connectivity index (χ1) is 14.0. The number of methoxy groups -OCH3 is 2. The first-order valence-corrected chi connectivity index (χ1v) is 9.87. The number of carbonyl (C=O) groups is 1. The summed E-state index contributed by atoms with van der Waals surface area (Å²) >= 11 is 5.39. The maximum absolute atomic E-state index is 13.0. The third-order valence-electron chi connectivity index (χ3n) is 4.85. The Balaban J connectivity index is 1.90. The maximum Gasteiger partial charge on any atom is 0.281 e. The van der Waals surface area contributed by atoms with Crippen LogP contribution in [0.4, 0.5) is 11.4 Å². The fraction of sp³-hybridized carbons (Fsp3) is 0.273. The van der Waals surface area contributed by atoms with Gasteiger partial charge >= 0.3 is 0 Å². The quantitative estimate of drug-likeness (QED) is 0.552. The number of thiocarbonyl (C=S) groups is 1. The fourth-order valence-corrected chi connectivity index (χ4v) is 3.56. The number of hydrogen-bond acceptors (Lipinski definition) is 5. The number of anilines is 2. The molecule has 0 atom stereocenters. The largest absolute Gasteiger partial charge is 0.497 e. The molecule has 2 aromatic rings. The maximum atomic E-state index is 13.0. The van der Waals surface area contributed by atoms with Crippen LogP contribution in [0.1, 0.15) is 19.4 Å². The summed E-state index contributed by atoms with van der Waals surface area (Å²) in [4.78, 5) is 16.7. The van der Waals surface area contributed by atoms with Crippen LogP contribution in [0.15, 0.2) is 48.2 Å². The van der Waals surface area contributed by atoms with Gasteiger partial charge in [-0.05, 0) is 68.5 Å². The Bertz CT molecular complexity index is 937. The van der Waals surface area contributed by atoms with E-state index >= 15 is 0 Å². The summed E-state index contributed by atoms with van der Waals surface area (Å²) in [7, 11) is 3.23. The molecule has 1 aliphatic rings. The molecule has 1 amide bonds. The number of hydrogen-bond donors (Lipinski definition) is 1. The summed E-state index contributed by atoms with van der Waals surface area (Å²) in [6.45, 7) is 6.04. The van der Waals surface area contributed by atoms with Gasteiger partial charge in [-0.2, -0.15) is 0 Å². The summed E-state index contributed by atoms with van der Waals surface area (Å²) in [5.74, 6) is 1.20. The van der Waals surface area contributed by atoms with Crippen molar-refractivity contribution in [1.29, 1.82) is 0 Å². The van der Waals surface area contributed by atoms with Gasteiger partial charge in [-0.1, -0.05) is 0 Å². The average molecular weight is 412 g/mol. The molecule has 1 aliphatic heterocycles. The summed E-state index contributed by atoms with van der Waals surface area (Å²) < 4.78 is 10.7. The van der Waals surface area contributed by atoms with Crippen LogP contribution in [0, 0.1) is 0 Å². The van der Waals surface area contributed by atoms with Crippen LogP contribution in [0.3, 0.4) is 0 Å². The Morgan fingerprint density at radius 1 is 1.07 bits per heavy atom. The summed E-state index contributed by atoms with van der Waals surface area (Å²) in [5.41, 5.74) is 2.97. The zero-order valence-electron chi connectivity index (χ0n) is 17.1. The highest BCUT2D eigenvalue weighted by atomic mass is 32.1. The molecule has 0 aliphatic carbocycles. The van der Waals surface area contributed by atoms with Crippen LogP contribution in [0.2, 0.25) is 0 Å². The molecule has 3 rings (SSSR count). The topological polar surface area (TPSA) is 54.0 Å². The predicted octanol–water partition coefficient (Wildman–Crippen LogP) is 3.81. The van der Waals surface area contributed by atoms with Crippen LogP contribution in [-0.2, 0) is 4.79 Å². The number of nitrogens with zero attached hydrogens (tertiary/aromatic N) is 2. The highest BCUT2D eigenvalue weighted by molar-refractivity contribution is 7.80. The molecular formula is C22H25N3O3S. The minimum Gasteiger partial charge on any atom is -0.497 e. The van der Waals surface area contributed by atoms with Crippen LogP contribution in [-0.4, -0.2) is 38.3 Å². The second-order valence-electron chi connectivity index (χ2n) is 6.43. The Morgan fingerprint density at radius 2 is 1.76 bits per heavy atom. The Labute approximate surface area is 176 Å². The molecule has 0 saturated carbocycles. The third-order valence-corrected chi connectivity index (χ3v) is 5.14. The highest BCUT2D eigenvalue weighted by Crippen LogP contribution is 2.29. The molecule has 0 spiro atoms. The third kappa shape index (κ3) is 4.19. The predicted molar refractivity (Wildman–Crippen MR) is 121 cm³/mol. The molecule has 0 aromatic heterocycles. The van der Waals surface area contributed by atoms with E-state index in [1.54, 1.807) is 44.6 Å². The van der Waals surface area contributed by atoms with Gasteiger partial charge in [0.1, 0.15) is 17.2 Å². The van der Waals surface area contributed by atoms with E-state index in [0.29, 0.717) is 28.0 Å². The second kappa shape index (κ2) is 8.96. The molecule has 0 unspecified atom stereocenters. The standard InChI is InChI=1S/C22H25N3O3S/c1-5-24(6-2)17-8-7-15(20(14-17)28-4)13-19-21(26)25(22(29)23-19)16-9-11-18(27-3)12-10-16/h7-14H,5-6H2,1-4H3,(H,23,29)/b19-13+. The van der Waals surface area contributed by atoms with Crippen molar-refractivity contribution in [1.82, 2.24) is 5.32 Å². The zero-order valence-corrected chi connectivity index (χ0v) is 17.9. The number of carbonyl (C=O) groups excluding carboxylic acids is 1. The first-order valence-electron chi connectivity index (χ1n) is 9.46. The molecule has 1 heterocycles. The van der Waals surface area contributed by atoms with Crippen molar-refractivity contribution < 1.29 is 14.3 Å². The van der Waals surface area contributed by atoms with E-state index in [0.717, 1.165) is 24.3 Å². The summed E-state index contributed by atoms with van der Waals surface area (Å²) in [6.07, 6.45) is 1.77. The van der Waals surface area contributed by atoms with Crippen molar-refractivity contribution in [3.05, 3.63) is 53.7 Å². The fourth-order valence-electron chi connectivity index (χ4n) is 3.26. The normalized spacial score (nSPS) is 14.9. The number of ether oxygens (including phenoxy) is 2. The number of benzene rings is 2. The number of amides is 1. The van der Waals surface area contributed by atoms with Gasteiger partial charge in [-0.15, -0.1) is 0 Å². The molecule has 1 fully saturated rings. The van der Waals surface area contributed by atoms with Gasteiger partial charge in [0.05, 0.1) is 19.9 Å². The first kappa shape index (κ1) is 20.7. The van der Waals surface area contributed by atoms with Gasteiger partial charge in [0.2, 0.25) is 0 Å². The molecule has 7 heteroatoms. The van der Waals surface area contributed by atoms with E-state index in [1.165, 1.54) is 4.90 Å². The highest BCUT2D eigenvalue weighted by Gasteiger charge is 2.32. The second-order valence-corrected chi connectivity index (χ2v) is 6.81. The molecule has 0 bridgehead atoms. The lowest BCUT2D eigenvalue weighted by molar-refractivity contribution is -0.113. The lowest BCUT2D eigenvalue weighted by Gasteiger charge is -2.22. The Hall–Kier alpha value is -3.06. The van der Waals surface area contributed by atoms with Crippen molar-refractivity contribution >= 4 is 40.7 Å². The minimum atomic E-state index is -0.213. The van der Waals surface area contributed by atoms with Crippen molar-refractivity contribution in [3.63, 3.8) is 0 Å². The zero-order chi connectivity index (χ0) is 21.0. The van der Waals surface area contributed by atoms with Gasteiger partial charge < -0.3 is 19.7 Å². The van der Waals surface area contributed by atoms with Gasteiger partial charge in [0.15, 0.2) is 5.11 Å². The SMILES string of the molecule is CCN(CC)c1ccc(/C=C2/NC(=S)N(c3ccc(OC)cc3)C2=O)c(OC)c1. The number of rotatable bonds is 7. The van der Waals surface area contributed by atoms with Crippen LogP contribution in [0.5, 0.6) is 11.5 Å². The van der Waals surface area contributed by atoms with E-state index in [9.17, 15) is 4.79 Å². The molecule has 2 aromatic carbocycles. The van der Waals surface area contributed by atoms with Crippen molar-refractivity contribution in [3.8, 4) is 11.5 Å². The molecule has 0 radical (unpaired) electrons. The van der Waals surface area contributed by atoms with Gasteiger partial charge in [0.25, 0.3) is 5.91 Å². The van der Waals surface area contributed by atoms with Crippen molar-refractivity contribution in [2.45, 2.75) is 13.8 Å². The van der Waals surface area contributed by atoms with Crippen molar-refractivity contribution in [2.75, 3.05) is 37.1 Å². The molecular weight excluding hydrogens is 386 g/mol. The molecule has 152 valence electrons. The van der Waals surface area contributed by atoms with E-state index < -0.39 is 0 Å². The minimum absolute atomic E-state index is 0.213. The van der Waals surface area contributed by atoms with E-state index in [1.807, 2.05) is 18.2 Å². The lowest BCUT2D eigenvalue weighted by Crippen LogP contribution is -2.30. The average Bonchev–Trinajstić information content (AvgIpc) is 3.02. The van der Waals surface area contributed by atoms with E-state index in [2.05, 4.69) is 24.1 Å². The molecule has 6 nitrogen and oxygen atoms in total. The smallest absolute Gasteiger partial charge is 0.281 e. The van der Waals surface area contributed by atoms with E-state index in [-0.39, 0.29) is 5.91 Å².